The molecule has 0 radical (unpaired) electrons. The van der Waals surface area contributed by atoms with Gasteiger partial charge in [0, 0.05) is 18.8 Å². The molecule has 2 aromatic carbocycles. The van der Waals surface area contributed by atoms with Crippen LogP contribution in [0.15, 0.2) is 42.5 Å². The molecule has 2 N–H and O–H groups in total. The molecule has 0 aromatic heterocycles. The average molecular weight is 287 g/mol. The number of carbonyl (C=O) groups is 1. The molecule has 0 atom stereocenters. The lowest BCUT2D eigenvalue weighted by atomic mass is 9.97. The van der Waals surface area contributed by atoms with Crippen LogP contribution >= 0.6 is 11.6 Å². The van der Waals surface area contributed by atoms with E-state index >= 15 is 0 Å². The molecule has 3 rings (SSSR count). The summed E-state index contributed by atoms with van der Waals surface area (Å²) in [6.07, 6.45) is 0.790. The number of nitrogens with zero attached hydrogens (tertiary/aromatic N) is 1. The summed E-state index contributed by atoms with van der Waals surface area (Å²) in [4.78, 5) is 14.3. The third-order valence-electron chi connectivity index (χ3n) is 3.69. The molecular formula is C16H15ClN2O. The minimum Gasteiger partial charge on any atom is -0.398 e. The summed E-state index contributed by atoms with van der Waals surface area (Å²) < 4.78 is 0. The molecular weight excluding hydrogens is 272 g/mol. The van der Waals surface area contributed by atoms with E-state index in [2.05, 4.69) is 0 Å². The second-order valence-electron chi connectivity index (χ2n) is 4.94. The number of anilines is 1. The van der Waals surface area contributed by atoms with Gasteiger partial charge in [0.05, 0.1) is 10.6 Å². The number of rotatable bonds is 1. The second-order valence-corrected chi connectivity index (χ2v) is 5.35. The minimum atomic E-state index is -0.0244. The van der Waals surface area contributed by atoms with Gasteiger partial charge in [-0.15, -0.1) is 0 Å². The molecule has 102 valence electrons. The lowest BCUT2D eigenvalue weighted by Gasteiger charge is -2.30. The summed E-state index contributed by atoms with van der Waals surface area (Å²) in [7, 11) is 0. The number of amides is 1. The molecule has 0 saturated carbocycles. The van der Waals surface area contributed by atoms with Gasteiger partial charge in [0.25, 0.3) is 5.91 Å². The van der Waals surface area contributed by atoms with Gasteiger partial charge in [-0.1, -0.05) is 35.9 Å². The summed E-state index contributed by atoms with van der Waals surface area (Å²) in [5.74, 6) is -0.0244. The maximum Gasteiger partial charge on any atom is 0.255 e. The number of halogens is 1. The number of nitrogens with two attached hydrogens (primary N) is 1. The monoisotopic (exact) mass is 286 g/mol. The van der Waals surface area contributed by atoms with Crippen molar-refractivity contribution in [3.63, 3.8) is 0 Å². The highest BCUT2D eigenvalue weighted by Gasteiger charge is 2.23. The molecule has 0 spiro atoms. The smallest absolute Gasteiger partial charge is 0.255 e. The Morgan fingerprint density at radius 1 is 1.15 bits per heavy atom. The van der Waals surface area contributed by atoms with Crippen molar-refractivity contribution in [2.75, 3.05) is 12.3 Å². The first-order chi connectivity index (χ1) is 9.66. The van der Waals surface area contributed by atoms with E-state index in [1.54, 1.807) is 12.1 Å². The van der Waals surface area contributed by atoms with Crippen LogP contribution in [0.3, 0.4) is 0 Å². The molecule has 20 heavy (non-hydrogen) atoms. The van der Waals surface area contributed by atoms with Gasteiger partial charge in [-0.3, -0.25) is 4.79 Å². The first-order valence-electron chi connectivity index (χ1n) is 6.57. The first-order valence-corrected chi connectivity index (χ1v) is 6.94. The molecule has 3 nitrogen and oxygen atoms in total. The van der Waals surface area contributed by atoms with E-state index in [0.717, 1.165) is 23.2 Å². The Labute approximate surface area is 123 Å². The Kier molecular flexibility index (Phi) is 3.36. The fourth-order valence-electron chi connectivity index (χ4n) is 2.62. The van der Waals surface area contributed by atoms with E-state index in [-0.39, 0.29) is 5.91 Å². The maximum atomic E-state index is 12.5. The SMILES string of the molecule is Nc1cccc2c1CCN(C(=O)c1ccccc1Cl)C2. The topological polar surface area (TPSA) is 46.3 Å². The minimum absolute atomic E-state index is 0.0244. The third-order valence-corrected chi connectivity index (χ3v) is 4.02. The van der Waals surface area contributed by atoms with E-state index in [1.165, 1.54) is 0 Å². The van der Waals surface area contributed by atoms with Crippen LogP contribution in [0.1, 0.15) is 21.5 Å². The second kappa shape index (κ2) is 5.17. The Balaban J connectivity index is 1.88. The first kappa shape index (κ1) is 13.0. The van der Waals surface area contributed by atoms with Gasteiger partial charge in [-0.2, -0.15) is 0 Å². The van der Waals surface area contributed by atoms with E-state index in [4.69, 9.17) is 17.3 Å². The van der Waals surface area contributed by atoms with E-state index in [9.17, 15) is 4.79 Å². The Hall–Kier alpha value is -2.00. The lowest BCUT2D eigenvalue weighted by molar-refractivity contribution is 0.0735. The van der Waals surface area contributed by atoms with Crippen molar-refractivity contribution in [3.05, 3.63) is 64.2 Å². The molecule has 0 saturated heterocycles. The van der Waals surface area contributed by atoms with Crippen LogP contribution in [-0.4, -0.2) is 17.4 Å². The van der Waals surface area contributed by atoms with Crippen molar-refractivity contribution in [2.45, 2.75) is 13.0 Å². The van der Waals surface area contributed by atoms with Gasteiger partial charge in [-0.05, 0) is 35.7 Å². The van der Waals surface area contributed by atoms with Gasteiger partial charge >= 0.3 is 0 Å². The molecule has 1 amide bonds. The van der Waals surface area contributed by atoms with Gasteiger partial charge in [-0.25, -0.2) is 0 Å². The highest BCUT2D eigenvalue weighted by atomic mass is 35.5. The zero-order chi connectivity index (χ0) is 14.1. The highest BCUT2D eigenvalue weighted by molar-refractivity contribution is 6.33. The Bertz CT molecular complexity index is 669. The van der Waals surface area contributed by atoms with Gasteiger partial charge < -0.3 is 10.6 Å². The van der Waals surface area contributed by atoms with Crippen LogP contribution in [0.4, 0.5) is 5.69 Å². The van der Waals surface area contributed by atoms with Crippen LogP contribution < -0.4 is 5.73 Å². The third kappa shape index (κ3) is 2.25. The average Bonchev–Trinajstić information content (AvgIpc) is 2.47. The molecule has 2 aromatic rings. The summed E-state index contributed by atoms with van der Waals surface area (Å²) in [6, 6.07) is 13.0. The fraction of sp³-hybridized carbons (Fsp3) is 0.188. The molecule has 0 bridgehead atoms. The van der Waals surface area contributed by atoms with Crippen LogP contribution in [0, 0.1) is 0 Å². The molecule has 0 aliphatic carbocycles. The molecule has 0 fully saturated rings. The molecule has 1 aliphatic rings. The van der Waals surface area contributed by atoms with E-state index in [0.29, 0.717) is 23.7 Å². The highest BCUT2D eigenvalue weighted by Crippen LogP contribution is 2.26. The van der Waals surface area contributed by atoms with Crippen molar-refractivity contribution in [1.82, 2.24) is 4.90 Å². The summed E-state index contributed by atoms with van der Waals surface area (Å²) in [6.45, 7) is 1.26. The van der Waals surface area contributed by atoms with Crippen molar-refractivity contribution in [3.8, 4) is 0 Å². The number of hydrogen-bond acceptors (Lipinski definition) is 2. The van der Waals surface area contributed by atoms with E-state index in [1.807, 2.05) is 35.2 Å². The van der Waals surface area contributed by atoms with Gasteiger partial charge in [0.2, 0.25) is 0 Å². The number of benzene rings is 2. The molecule has 1 aliphatic heterocycles. The summed E-state index contributed by atoms with van der Waals surface area (Å²) in [5.41, 5.74) is 9.63. The zero-order valence-corrected chi connectivity index (χ0v) is 11.7. The Morgan fingerprint density at radius 3 is 2.75 bits per heavy atom. The summed E-state index contributed by atoms with van der Waals surface area (Å²) >= 11 is 6.10. The largest absolute Gasteiger partial charge is 0.398 e. The number of fused-ring (bicyclic) bond motifs is 1. The van der Waals surface area contributed by atoms with Crippen LogP contribution in [0.25, 0.3) is 0 Å². The van der Waals surface area contributed by atoms with E-state index < -0.39 is 0 Å². The van der Waals surface area contributed by atoms with Crippen molar-refractivity contribution < 1.29 is 4.79 Å². The summed E-state index contributed by atoms with van der Waals surface area (Å²) in [5, 5.41) is 0.496. The normalized spacial score (nSPS) is 13.9. The number of hydrogen-bond donors (Lipinski definition) is 1. The Morgan fingerprint density at radius 2 is 1.95 bits per heavy atom. The lowest BCUT2D eigenvalue weighted by Crippen LogP contribution is -2.36. The van der Waals surface area contributed by atoms with Crippen LogP contribution in [-0.2, 0) is 13.0 Å². The van der Waals surface area contributed by atoms with Gasteiger partial charge in [0.1, 0.15) is 0 Å². The van der Waals surface area contributed by atoms with Crippen molar-refractivity contribution in [2.24, 2.45) is 0 Å². The zero-order valence-electron chi connectivity index (χ0n) is 11.0. The van der Waals surface area contributed by atoms with Crippen molar-refractivity contribution in [1.29, 1.82) is 0 Å². The predicted molar refractivity (Wildman–Crippen MR) is 80.8 cm³/mol. The quantitative estimate of drug-likeness (QED) is 0.819. The predicted octanol–water partition coefficient (Wildman–Crippen LogP) is 3.12. The van der Waals surface area contributed by atoms with Crippen LogP contribution in [0.2, 0.25) is 5.02 Å². The molecule has 1 heterocycles. The molecule has 4 heteroatoms. The number of nitrogen functional groups attached to an aromatic ring is 1. The van der Waals surface area contributed by atoms with Crippen molar-refractivity contribution >= 4 is 23.2 Å². The standard InChI is InChI=1S/C16H15ClN2O/c17-14-6-2-1-5-13(14)16(20)19-9-8-12-11(10-19)4-3-7-15(12)18/h1-7H,8-10,18H2. The fourth-order valence-corrected chi connectivity index (χ4v) is 2.83. The number of carbonyl (C=O) groups excluding carboxylic acids is 1. The van der Waals surface area contributed by atoms with Gasteiger partial charge in [0.15, 0.2) is 0 Å². The molecule has 0 unspecified atom stereocenters. The van der Waals surface area contributed by atoms with Crippen LogP contribution in [0.5, 0.6) is 0 Å². The maximum absolute atomic E-state index is 12.5.